The van der Waals surface area contributed by atoms with Crippen LogP contribution in [0.25, 0.3) is 6.08 Å². The number of rotatable bonds is 4. The monoisotopic (exact) mass is 288 g/mol. The fraction of sp³-hybridized carbons (Fsp3) is 0.474. The molecule has 0 unspecified atom stereocenters. The first-order chi connectivity index (χ1) is 10.1. The largest absolute Gasteiger partial charge is 0.205 e. The molecule has 0 spiro atoms. The van der Waals surface area contributed by atoms with Gasteiger partial charge in [-0.15, -0.1) is 6.42 Å². The van der Waals surface area contributed by atoms with Crippen LogP contribution in [0.15, 0.2) is 18.2 Å². The molecule has 2 rings (SSSR count). The third-order valence-corrected chi connectivity index (χ3v) is 4.36. The van der Waals surface area contributed by atoms with Crippen molar-refractivity contribution in [3.05, 3.63) is 41.0 Å². The molecule has 1 fully saturated rings. The minimum Gasteiger partial charge on any atom is -0.205 e. The van der Waals surface area contributed by atoms with E-state index in [9.17, 15) is 8.78 Å². The van der Waals surface area contributed by atoms with Gasteiger partial charge in [0.05, 0.1) is 5.56 Å². The minimum atomic E-state index is -0.663. The zero-order valence-corrected chi connectivity index (χ0v) is 12.5. The summed E-state index contributed by atoms with van der Waals surface area (Å²) in [5, 5.41) is 0. The summed E-state index contributed by atoms with van der Waals surface area (Å²) in [4.78, 5) is 0. The van der Waals surface area contributed by atoms with Gasteiger partial charge >= 0.3 is 0 Å². The summed E-state index contributed by atoms with van der Waals surface area (Å²) >= 11 is 0. The van der Waals surface area contributed by atoms with Gasteiger partial charge in [0.15, 0.2) is 0 Å². The van der Waals surface area contributed by atoms with E-state index in [4.69, 9.17) is 6.42 Å². The van der Waals surface area contributed by atoms with Crippen LogP contribution >= 0.6 is 0 Å². The molecule has 1 aromatic carbocycles. The quantitative estimate of drug-likeness (QED) is 0.636. The van der Waals surface area contributed by atoms with E-state index in [1.807, 2.05) is 12.0 Å². The summed E-state index contributed by atoms with van der Waals surface area (Å²) in [7, 11) is 0. The van der Waals surface area contributed by atoms with Crippen molar-refractivity contribution in [3.8, 4) is 12.3 Å². The Labute approximate surface area is 126 Å². The molecule has 0 bridgehead atoms. The first-order valence-corrected chi connectivity index (χ1v) is 7.78. The summed E-state index contributed by atoms with van der Waals surface area (Å²) in [5.41, 5.74) is 0.256. The number of halogens is 2. The lowest BCUT2D eigenvalue weighted by atomic mass is 9.80. The van der Waals surface area contributed by atoms with Crippen LogP contribution < -0.4 is 0 Å². The second kappa shape index (κ2) is 7.41. The van der Waals surface area contributed by atoms with Gasteiger partial charge in [0, 0.05) is 0 Å². The van der Waals surface area contributed by atoms with Crippen molar-refractivity contribution in [1.82, 2.24) is 0 Å². The minimum absolute atomic E-state index is 0.285. The van der Waals surface area contributed by atoms with E-state index in [2.05, 4.69) is 13.0 Å². The van der Waals surface area contributed by atoms with Gasteiger partial charge in [-0.2, -0.15) is 0 Å². The van der Waals surface area contributed by atoms with E-state index in [0.717, 1.165) is 5.92 Å². The van der Waals surface area contributed by atoms with Crippen molar-refractivity contribution in [2.45, 2.75) is 45.4 Å². The van der Waals surface area contributed by atoms with Gasteiger partial charge in [-0.3, -0.25) is 0 Å². The fourth-order valence-corrected chi connectivity index (χ4v) is 3.15. The number of benzene rings is 1. The topological polar surface area (TPSA) is 0 Å². The average molecular weight is 288 g/mol. The van der Waals surface area contributed by atoms with Crippen LogP contribution in [0.1, 0.15) is 56.6 Å². The highest BCUT2D eigenvalue weighted by Crippen LogP contribution is 2.32. The zero-order valence-electron chi connectivity index (χ0n) is 12.5. The van der Waals surface area contributed by atoms with Gasteiger partial charge in [0.1, 0.15) is 11.6 Å². The molecule has 0 saturated heterocycles. The summed E-state index contributed by atoms with van der Waals surface area (Å²) in [6.07, 6.45) is 16.4. The van der Waals surface area contributed by atoms with Crippen molar-refractivity contribution in [2.24, 2.45) is 11.8 Å². The van der Waals surface area contributed by atoms with Gasteiger partial charge < -0.3 is 0 Å². The molecule has 0 amide bonds. The third-order valence-electron chi connectivity index (χ3n) is 4.36. The van der Waals surface area contributed by atoms with Crippen LogP contribution in [-0.4, -0.2) is 0 Å². The lowest BCUT2D eigenvalue weighted by Crippen LogP contribution is -2.12. The first-order valence-electron chi connectivity index (χ1n) is 7.78. The molecule has 2 heteroatoms. The number of terminal acetylenes is 1. The maximum absolute atomic E-state index is 13.6. The molecular weight excluding hydrogens is 266 g/mol. The smallest absolute Gasteiger partial charge is 0.142 e. The summed E-state index contributed by atoms with van der Waals surface area (Å²) < 4.78 is 27.2. The maximum Gasteiger partial charge on any atom is 0.142 e. The Bertz CT molecular complexity index is 520. The lowest BCUT2D eigenvalue weighted by molar-refractivity contribution is 0.295. The Balaban J connectivity index is 1.98. The molecule has 112 valence electrons. The average Bonchev–Trinajstić information content (AvgIpc) is 2.47. The van der Waals surface area contributed by atoms with Crippen molar-refractivity contribution >= 4 is 6.08 Å². The molecule has 0 radical (unpaired) electrons. The molecule has 21 heavy (non-hydrogen) atoms. The van der Waals surface area contributed by atoms with E-state index in [1.54, 1.807) is 0 Å². The molecule has 0 aromatic heterocycles. The van der Waals surface area contributed by atoms with Crippen LogP contribution in [0.2, 0.25) is 0 Å². The fourth-order valence-electron chi connectivity index (χ4n) is 3.15. The Kier molecular flexibility index (Phi) is 5.56. The van der Waals surface area contributed by atoms with Crippen molar-refractivity contribution < 1.29 is 8.78 Å². The molecule has 0 heterocycles. The summed E-state index contributed by atoms with van der Waals surface area (Å²) in [5.74, 6) is 2.10. The van der Waals surface area contributed by atoms with Crippen LogP contribution in [0, 0.1) is 35.8 Å². The summed E-state index contributed by atoms with van der Waals surface area (Å²) in [6, 6.07) is 2.61. The highest BCUT2D eigenvalue weighted by atomic mass is 19.1. The van der Waals surface area contributed by atoms with Gasteiger partial charge in [-0.1, -0.05) is 37.8 Å². The van der Waals surface area contributed by atoms with Gasteiger partial charge in [-0.25, -0.2) is 8.78 Å². The Morgan fingerprint density at radius 2 is 1.81 bits per heavy atom. The lowest BCUT2D eigenvalue weighted by Gasteiger charge is -2.26. The Morgan fingerprint density at radius 1 is 1.19 bits per heavy atom. The Hall–Kier alpha value is -1.62. The first kappa shape index (κ1) is 15.8. The number of allylic oxidation sites excluding steroid dienone is 1. The van der Waals surface area contributed by atoms with E-state index in [1.165, 1.54) is 50.7 Å². The zero-order chi connectivity index (χ0) is 15.2. The van der Waals surface area contributed by atoms with Gasteiger partial charge in [0.2, 0.25) is 0 Å². The van der Waals surface area contributed by atoms with E-state index in [0.29, 0.717) is 11.5 Å². The molecule has 1 saturated carbocycles. The molecular formula is C19H22F2. The SMILES string of the molecule is C#Cc1c(F)cc(/C=C/C2CCC(CCC)CC2)cc1F. The highest BCUT2D eigenvalue weighted by Gasteiger charge is 2.18. The second-order valence-corrected chi connectivity index (χ2v) is 5.93. The molecule has 0 nitrogen and oxygen atoms in total. The molecule has 0 atom stereocenters. The maximum atomic E-state index is 13.6. The summed E-state index contributed by atoms with van der Waals surface area (Å²) in [6.45, 7) is 2.23. The van der Waals surface area contributed by atoms with Crippen LogP contribution in [-0.2, 0) is 0 Å². The van der Waals surface area contributed by atoms with Crippen molar-refractivity contribution in [3.63, 3.8) is 0 Å². The predicted octanol–water partition coefficient (Wildman–Crippen LogP) is 5.57. The van der Waals surface area contributed by atoms with Crippen LogP contribution in [0.3, 0.4) is 0 Å². The molecule has 0 aliphatic heterocycles. The second-order valence-electron chi connectivity index (χ2n) is 5.93. The molecule has 1 aromatic rings. The number of hydrogen-bond acceptors (Lipinski definition) is 0. The molecule has 1 aliphatic rings. The Morgan fingerprint density at radius 3 is 2.33 bits per heavy atom. The predicted molar refractivity (Wildman–Crippen MR) is 83.7 cm³/mol. The third kappa shape index (κ3) is 4.17. The highest BCUT2D eigenvalue weighted by molar-refractivity contribution is 5.52. The van der Waals surface area contributed by atoms with Crippen molar-refractivity contribution in [2.75, 3.05) is 0 Å². The van der Waals surface area contributed by atoms with Gasteiger partial charge in [-0.05, 0) is 55.2 Å². The normalized spacial score (nSPS) is 22.4. The van der Waals surface area contributed by atoms with Crippen LogP contribution in [0.4, 0.5) is 8.78 Å². The van der Waals surface area contributed by atoms with E-state index in [-0.39, 0.29) is 5.56 Å². The molecule has 0 N–H and O–H groups in total. The van der Waals surface area contributed by atoms with E-state index >= 15 is 0 Å². The van der Waals surface area contributed by atoms with E-state index < -0.39 is 11.6 Å². The standard InChI is InChI=1S/C19H22F2/c1-3-5-14-6-8-15(9-7-14)10-11-16-12-18(20)17(4-2)19(21)13-16/h2,10-15H,3,5-9H2,1H3/b11-10+. The number of hydrogen-bond donors (Lipinski definition) is 0. The van der Waals surface area contributed by atoms with Crippen molar-refractivity contribution in [1.29, 1.82) is 0 Å². The molecule has 1 aliphatic carbocycles. The van der Waals surface area contributed by atoms with Crippen LogP contribution in [0.5, 0.6) is 0 Å². The van der Waals surface area contributed by atoms with Gasteiger partial charge in [0.25, 0.3) is 0 Å².